The van der Waals surface area contributed by atoms with Gasteiger partial charge in [-0.3, -0.25) is 4.79 Å². The lowest BCUT2D eigenvalue weighted by molar-refractivity contribution is 0.412. The Labute approximate surface area is 174 Å². The average Bonchev–Trinajstić information content (AvgIpc) is 2.78. The van der Waals surface area contributed by atoms with Crippen molar-refractivity contribution < 1.29 is 9.47 Å². The zero-order valence-corrected chi connectivity index (χ0v) is 17.2. The molecule has 1 heterocycles. The first-order chi connectivity index (χ1) is 14.6. The lowest BCUT2D eigenvalue weighted by atomic mass is 10.1. The molecule has 1 aromatic heterocycles. The Kier molecular flexibility index (Phi) is 5.39. The van der Waals surface area contributed by atoms with E-state index in [0.29, 0.717) is 34.8 Å². The molecule has 3 aromatic carbocycles. The second-order valence-corrected chi connectivity index (χ2v) is 6.97. The summed E-state index contributed by atoms with van der Waals surface area (Å²) >= 11 is 0. The molecule has 0 aliphatic carbocycles. The number of benzene rings is 3. The van der Waals surface area contributed by atoms with Crippen molar-refractivity contribution in [3.8, 4) is 17.2 Å². The van der Waals surface area contributed by atoms with Gasteiger partial charge in [-0.15, -0.1) is 0 Å². The number of nitrogens with zero attached hydrogens (tertiary/aromatic N) is 2. The van der Waals surface area contributed by atoms with Gasteiger partial charge in [0.2, 0.25) is 5.95 Å². The first kappa shape index (κ1) is 19.5. The fraction of sp³-hybridized carbons (Fsp3) is 0.167. The van der Waals surface area contributed by atoms with Crippen molar-refractivity contribution in [1.29, 1.82) is 0 Å². The van der Waals surface area contributed by atoms with Crippen molar-refractivity contribution >= 4 is 16.9 Å². The maximum atomic E-state index is 13.5. The number of ether oxygens (including phenoxy) is 2. The van der Waals surface area contributed by atoms with Gasteiger partial charge < -0.3 is 14.8 Å². The fourth-order valence-electron chi connectivity index (χ4n) is 3.38. The highest BCUT2D eigenvalue weighted by molar-refractivity contribution is 5.80. The Morgan fingerprint density at radius 1 is 0.967 bits per heavy atom. The lowest BCUT2D eigenvalue weighted by Gasteiger charge is -2.17. The van der Waals surface area contributed by atoms with Gasteiger partial charge >= 0.3 is 0 Å². The molecule has 6 nitrogen and oxygen atoms in total. The van der Waals surface area contributed by atoms with Crippen LogP contribution in [0.4, 0.5) is 5.95 Å². The summed E-state index contributed by atoms with van der Waals surface area (Å²) in [5, 5.41) is 3.89. The van der Waals surface area contributed by atoms with Crippen molar-refractivity contribution in [2.45, 2.75) is 13.5 Å². The lowest BCUT2D eigenvalue weighted by Crippen LogP contribution is -2.24. The smallest absolute Gasteiger partial charge is 0.267 e. The Bertz CT molecular complexity index is 1250. The summed E-state index contributed by atoms with van der Waals surface area (Å²) in [6, 6.07) is 20.9. The number of para-hydroxylation sites is 2. The third-order valence-electron chi connectivity index (χ3n) is 4.96. The molecule has 0 spiro atoms. The zero-order valence-electron chi connectivity index (χ0n) is 17.2. The Morgan fingerprint density at radius 3 is 2.47 bits per heavy atom. The monoisotopic (exact) mass is 401 g/mol. The summed E-state index contributed by atoms with van der Waals surface area (Å²) in [5.41, 5.74) is 3.19. The third-order valence-corrected chi connectivity index (χ3v) is 4.96. The number of anilines is 1. The second-order valence-electron chi connectivity index (χ2n) is 6.97. The Hall–Kier alpha value is -3.80. The van der Waals surface area contributed by atoms with Gasteiger partial charge in [-0.05, 0) is 48.9 Å². The molecule has 30 heavy (non-hydrogen) atoms. The Balaban J connectivity index is 1.84. The zero-order chi connectivity index (χ0) is 21.1. The fourth-order valence-corrected chi connectivity index (χ4v) is 3.38. The minimum absolute atomic E-state index is 0.148. The molecular formula is C24H23N3O3. The highest BCUT2D eigenvalue weighted by Crippen LogP contribution is 2.25. The topological polar surface area (TPSA) is 65.4 Å². The molecule has 0 amide bonds. The quantitative estimate of drug-likeness (QED) is 0.521. The molecule has 0 atom stereocenters. The van der Waals surface area contributed by atoms with Gasteiger partial charge in [0.15, 0.2) is 0 Å². The van der Waals surface area contributed by atoms with Crippen LogP contribution in [0.5, 0.6) is 11.5 Å². The molecule has 0 saturated heterocycles. The number of hydrogen-bond acceptors (Lipinski definition) is 5. The van der Waals surface area contributed by atoms with E-state index in [9.17, 15) is 4.79 Å². The molecule has 152 valence electrons. The standard InChI is InChI=1S/C24H23N3O3/c1-16-8-13-20-19(14-16)23(28)27(21-6-4-5-7-22(21)30-3)24(26-20)25-15-17-9-11-18(29-2)12-10-17/h4-14H,15H2,1-3H3,(H,25,26). The van der Waals surface area contributed by atoms with Crippen LogP contribution < -0.4 is 20.3 Å². The van der Waals surface area contributed by atoms with Crippen LogP contribution in [-0.4, -0.2) is 23.8 Å². The first-order valence-corrected chi connectivity index (χ1v) is 9.64. The molecule has 0 aliphatic rings. The van der Waals surface area contributed by atoms with Crippen molar-refractivity contribution in [1.82, 2.24) is 9.55 Å². The number of aromatic nitrogens is 2. The SMILES string of the molecule is COc1ccc(CNc2nc3ccc(C)cc3c(=O)n2-c2ccccc2OC)cc1. The van der Waals surface area contributed by atoms with Crippen molar-refractivity contribution in [2.24, 2.45) is 0 Å². The molecule has 0 saturated carbocycles. The van der Waals surface area contributed by atoms with E-state index in [2.05, 4.69) is 5.32 Å². The molecule has 6 heteroatoms. The minimum atomic E-state index is -0.148. The molecule has 0 aliphatic heterocycles. The van der Waals surface area contributed by atoms with Gasteiger partial charge in [-0.2, -0.15) is 0 Å². The van der Waals surface area contributed by atoms with E-state index in [-0.39, 0.29) is 5.56 Å². The maximum absolute atomic E-state index is 13.5. The van der Waals surface area contributed by atoms with E-state index in [1.165, 1.54) is 0 Å². The maximum Gasteiger partial charge on any atom is 0.267 e. The normalized spacial score (nSPS) is 10.8. The van der Waals surface area contributed by atoms with E-state index in [1.54, 1.807) is 18.8 Å². The van der Waals surface area contributed by atoms with E-state index in [4.69, 9.17) is 14.5 Å². The third kappa shape index (κ3) is 3.72. The molecule has 0 radical (unpaired) electrons. The van der Waals surface area contributed by atoms with Crippen LogP contribution >= 0.6 is 0 Å². The van der Waals surface area contributed by atoms with E-state index < -0.39 is 0 Å². The van der Waals surface area contributed by atoms with Gasteiger partial charge in [-0.25, -0.2) is 9.55 Å². The van der Waals surface area contributed by atoms with Crippen LogP contribution in [-0.2, 0) is 6.54 Å². The highest BCUT2D eigenvalue weighted by atomic mass is 16.5. The van der Waals surface area contributed by atoms with Crippen molar-refractivity contribution in [3.63, 3.8) is 0 Å². The van der Waals surface area contributed by atoms with Gasteiger partial charge in [0.25, 0.3) is 5.56 Å². The summed E-state index contributed by atoms with van der Waals surface area (Å²) < 4.78 is 12.3. The second kappa shape index (κ2) is 8.29. The number of methoxy groups -OCH3 is 2. The number of fused-ring (bicyclic) bond motifs is 1. The minimum Gasteiger partial charge on any atom is -0.497 e. The van der Waals surface area contributed by atoms with Gasteiger partial charge in [0.1, 0.15) is 11.5 Å². The van der Waals surface area contributed by atoms with E-state index >= 15 is 0 Å². The number of hydrogen-bond donors (Lipinski definition) is 1. The van der Waals surface area contributed by atoms with Crippen LogP contribution in [0.2, 0.25) is 0 Å². The molecule has 1 N–H and O–H groups in total. The van der Waals surface area contributed by atoms with Crippen LogP contribution in [0, 0.1) is 6.92 Å². The van der Waals surface area contributed by atoms with Crippen LogP contribution in [0.25, 0.3) is 16.6 Å². The summed E-state index contributed by atoms with van der Waals surface area (Å²) in [6.07, 6.45) is 0. The van der Waals surface area contributed by atoms with Crippen LogP contribution in [0.1, 0.15) is 11.1 Å². The number of aryl methyl sites for hydroxylation is 1. The van der Waals surface area contributed by atoms with Gasteiger partial charge in [0.05, 0.1) is 30.8 Å². The van der Waals surface area contributed by atoms with E-state index in [1.807, 2.05) is 73.7 Å². The highest BCUT2D eigenvalue weighted by Gasteiger charge is 2.16. The molecule has 0 fully saturated rings. The van der Waals surface area contributed by atoms with Crippen molar-refractivity contribution in [2.75, 3.05) is 19.5 Å². The largest absolute Gasteiger partial charge is 0.497 e. The van der Waals surface area contributed by atoms with Crippen LogP contribution in [0.3, 0.4) is 0 Å². The predicted octanol–water partition coefficient (Wildman–Crippen LogP) is 4.32. The summed E-state index contributed by atoms with van der Waals surface area (Å²) in [4.78, 5) is 18.2. The molecular weight excluding hydrogens is 378 g/mol. The Morgan fingerprint density at radius 2 is 1.73 bits per heavy atom. The number of nitrogens with one attached hydrogen (secondary N) is 1. The van der Waals surface area contributed by atoms with Gasteiger partial charge in [-0.1, -0.05) is 35.9 Å². The molecule has 4 aromatic rings. The average molecular weight is 401 g/mol. The van der Waals surface area contributed by atoms with Crippen molar-refractivity contribution in [3.05, 3.63) is 88.2 Å². The predicted molar refractivity (Wildman–Crippen MR) is 119 cm³/mol. The van der Waals surface area contributed by atoms with E-state index in [0.717, 1.165) is 16.9 Å². The summed E-state index contributed by atoms with van der Waals surface area (Å²) in [5.74, 6) is 1.85. The molecule has 4 rings (SSSR count). The molecule has 0 unspecified atom stereocenters. The first-order valence-electron chi connectivity index (χ1n) is 9.64. The number of rotatable bonds is 6. The summed E-state index contributed by atoms with van der Waals surface area (Å²) in [7, 11) is 3.23. The van der Waals surface area contributed by atoms with Crippen LogP contribution in [0.15, 0.2) is 71.5 Å². The molecule has 0 bridgehead atoms. The van der Waals surface area contributed by atoms with Gasteiger partial charge in [0, 0.05) is 6.54 Å². The summed E-state index contributed by atoms with van der Waals surface area (Å²) in [6.45, 7) is 2.46.